The summed E-state index contributed by atoms with van der Waals surface area (Å²) in [4.78, 5) is 15.1. The number of thiophene rings is 1. The van der Waals surface area contributed by atoms with E-state index in [9.17, 15) is 0 Å². The standard InChI is InChI=1S/C37H22ClN3S/c38-31-21-20-30-29-19-18-24-12-7-8-17-28(24)33(29)42-34(30)32(31)37-40-35(25-13-5-2-6-14-25)39-36(41-37)27-16-9-15-26(22-27)23-10-3-1-4-11-23/h1-22H. The smallest absolute Gasteiger partial charge is 0.167 e. The van der Waals surface area contributed by atoms with E-state index in [1.165, 1.54) is 20.9 Å². The minimum atomic E-state index is 0.565. The molecule has 0 spiro atoms. The van der Waals surface area contributed by atoms with Gasteiger partial charge in [0.05, 0.1) is 10.6 Å². The molecule has 0 saturated heterocycles. The van der Waals surface area contributed by atoms with Crippen molar-refractivity contribution >= 4 is 53.9 Å². The third kappa shape index (κ3) is 4.24. The summed E-state index contributed by atoms with van der Waals surface area (Å²) in [6, 6.07) is 45.7. The van der Waals surface area contributed by atoms with Gasteiger partial charge in [-0.15, -0.1) is 11.3 Å². The van der Waals surface area contributed by atoms with Crippen LogP contribution in [0.4, 0.5) is 0 Å². The van der Waals surface area contributed by atoms with Gasteiger partial charge in [0.1, 0.15) is 0 Å². The molecule has 0 unspecified atom stereocenters. The van der Waals surface area contributed by atoms with Crippen LogP contribution in [0.1, 0.15) is 0 Å². The van der Waals surface area contributed by atoms with Crippen molar-refractivity contribution in [1.29, 1.82) is 0 Å². The molecule has 5 heteroatoms. The van der Waals surface area contributed by atoms with E-state index in [4.69, 9.17) is 26.6 Å². The molecule has 0 saturated carbocycles. The molecular weight excluding hydrogens is 554 g/mol. The molecule has 0 fully saturated rings. The zero-order valence-corrected chi connectivity index (χ0v) is 23.9. The van der Waals surface area contributed by atoms with E-state index < -0.39 is 0 Å². The summed E-state index contributed by atoms with van der Waals surface area (Å²) in [5.74, 6) is 1.78. The average Bonchev–Trinajstić information content (AvgIpc) is 3.44. The first-order valence-electron chi connectivity index (χ1n) is 13.7. The lowest BCUT2D eigenvalue weighted by Gasteiger charge is -2.11. The number of benzene rings is 6. The SMILES string of the molecule is Clc1ccc2c(sc3c4ccccc4ccc23)c1-c1nc(-c2ccccc2)nc(-c2cccc(-c3ccccc3)c2)n1. The summed E-state index contributed by atoms with van der Waals surface area (Å²) in [7, 11) is 0. The number of aromatic nitrogens is 3. The monoisotopic (exact) mass is 575 g/mol. The molecule has 8 aromatic rings. The van der Waals surface area contributed by atoms with Crippen molar-refractivity contribution in [2.24, 2.45) is 0 Å². The van der Waals surface area contributed by atoms with Crippen LogP contribution in [-0.4, -0.2) is 15.0 Å². The first-order valence-corrected chi connectivity index (χ1v) is 14.9. The van der Waals surface area contributed by atoms with Crippen LogP contribution in [-0.2, 0) is 0 Å². The second-order valence-electron chi connectivity index (χ2n) is 10.2. The van der Waals surface area contributed by atoms with E-state index in [2.05, 4.69) is 66.7 Å². The number of hydrogen-bond donors (Lipinski definition) is 0. The van der Waals surface area contributed by atoms with Gasteiger partial charge in [-0.3, -0.25) is 0 Å². The molecule has 2 aromatic heterocycles. The lowest BCUT2D eigenvalue weighted by molar-refractivity contribution is 1.08. The molecule has 0 radical (unpaired) electrons. The molecule has 198 valence electrons. The van der Waals surface area contributed by atoms with Crippen molar-refractivity contribution in [2.45, 2.75) is 0 Å². The highest BCUT2D eigenvalue weighted by Crippen LogP contribution is 2.45. The van der Waals surface area contributed by atoms with Crippen molar-refractivity contribution in [1.82, 2.24) is 15.0 Å². The molecule has 0 aliphatic heterocycles. The molecule has 0 N–H and O–H groups in total. The Morgan fingerprint density at radius 1 is 0.429 bits per heavy atom. The zero-order chi connectivity index (χ0) is 28.0. The van der Waals surface area contributed by atoms with E-state index in [1.54, 1.807) is 11.3 Å². The average molecular weight is 576 g/mol. The second kappa shape index (κ2) is 10.2. The first-order chi connectivity index (χ1) is 20.7. The Hall–Kier alpha value is -4.90. The number of nitrogens with zero attached hydrogens (tertiary/aromatic N) is 3. The molecule has 0 amide bonds. The molecular formula is C37H22ClN3S. The Kier molecular flexibility index (Phi) is 6.03. The largest absolute Gasteiger partial charge is 0.208 e. The fourth-order valence-corrected chi connectivity index (χ4v) is 7.23. The van der Waals surface area contributed by atoms with Gasteiger partial charge in [0.15, 0.2) is 17.5 Å². The van der Waals surface area contributed by atoms with Crippen LogP contribution in [0.15, 0.2) is 133 Å². The van der Waals surface area contributed by atoms with Crippen molar-refractivity contribution in [3.05, 3.63) is 138 Å². The highest BCUT2D eigenvalue weighted by molar-refractivity contribution is 7.27. The second-order valence-corrected chi connectivity index (χ2v) is 11.6. The van der Waals surface area contributed by atoms with Crippen molar-refractivity contribution in [2.75, 3.05) is 0 Å². The summed E-state index contributed by atoms with van der Waals surface area (Å²) >= 11 is 8.74. The van der Waals surface area contributed by atoms with E-state index in [0.29, 0.717) is 22.5 Å². The summed E-state index contributed by atoms with van der Waals surface area (Å²) in [6.45, 7) is 0. The molecule has 0 atom stereocenters. The van der Waals surface area contributed by atoms with Crippen LogP contribution in [0.3, 0.4) is 0 Å². The maximum atomic E-state index is 6.99. The van der Waals surface area contributed by atoms with Gasteiger partial charge in [0.2, 0.25) is 0 Å². The Balaban J connectivity index is 1.39. The molecule has 0 bridgehead atoms. The van der Waals surface area contributed by atoms with Crippen molar-refractivity contribution < 1.29 is 0 Å². The zero-order valence-electron chi connectivity index (χ0n) is 22.3. The Labute approximate surface area is 251 Å². The third-order valence-electron chi connectivity index (χ3n) is 7.60. The minimum absolute atomic E-state index is 0.565. The number of halogens is 1. The van der Waals surface area contributed by atoms with Crippen molar-refractivity contribution in [3.63, 3.8) is 0 Å². The van der Waals surface area contributed by atoms with Crippen LogP contribution in [0.25, 0.3) is 76.2 Å². The summed E-state index contributed by atoms with van der Waals surface area (Å²) < 4.78 is 2.31. The third-order valence-corrected chi connectivity index (χ3v) is 9.19. The number of rotatable bonds is 4. The number of hydrogen-bond acceptors (Lipinski definition) is 4. The van der Waals surface area contributed by atoms with Gasteiger partial charge in [-0.05, 0) is 34.0 Å². The van der Waals surface area contributed by atoms with Crippen LogP contribution in [0, 0.1) is 0 Å². The van der Waals surface area contributed by atoms with Gasteiger partial charge >= 0.3 is 0 Å². The molecule has 0 aliphatic carbocycles. The molecule has 42 heavy (non-hydrogen) atoms. The van der Waals surface area contributed by atoms with Gasteiger partial charge in [-0.1, -0.05) is 133 Å². The quantitative estimate of drug-likeness (QED) is 0.209. The minimum Gasteiger partial charge on any atom is -0.208 e. The van der Waals surface area contributed by atoms with E-state index in [1.807, 2.05) is 66.7 Å². The first kappa shape index (κ1) is 24.9. The lowest BCUT2D eigenvalue weighted by atomic mass is 10.0. The van der Waals surface area contributed by atoms with Crippen LogP contribution >= 0.6 is 22.9 Å². The van der Waals surface area contributed by atoms with Crippen molar-refractivity contribution in [3.8, 4) is 45.3 Å². The van der Waals surface area contributed by atoms with E-state index in [-0.39, 0.29) is 0 Å². The van der Waals surface area contributed by atoms with Crippen LogP contribution in [0.2, 0.25) is 5.02 Å². The Morgan fingerprint density at radius 2 is 1.02 bits per heavy atom. The lowest BCUT2D eigenvalue weighted by Crippen LogP contribution is -2.00. The maximum absolute atomic E-state index is 6.99. The Morgan fingerprint density at radius 3 is 1.83 bits per heavy atom. The van der Waals surface area contributed by atoms with Gasteiger partial charge in [0.25, 0.3) is 0 Å². The predicted octanol–water partition coefficient (Wildman–Crippen LogP) is 10.7. The summed E-state index contributed by atoms with van der Waals surface area (Å²) in [5.41, 5.74) is 4.92. The maximum Gasteiger partial charge on any atom is 0.167 e. The normalized spacial score (nSPS) is 11.5. The Bertz CT molecular complexity index is 2260. The fourth-order valence-electron chi connectivity index (χ4n) is 5.55. The molecule has 6 aromatic carbocycles. The van der Waals surface area contributed by atoms with Crippen LogP contribution < -0.4 is 0 Å². The predicted molar refractivity (Wildman–Crippen MR) is 177 cm³/mol. The van der Waals surface area contributed by atoms with Crippen LogP contribution in [0.5, 0.6) is 0 Å². The van der Waals surface area contributed by atoms with E-state index >= 15 is 0 Å². The molecule has 8 rings (SSSR count). The van der Waals surface area contributed by atoms with Gasteiger partial charge < -0.3 is 0 Å². The summed E-state index contributed by atoms with van der Waals surface area (Å²) in [6.07, 6.45) is 0. The molecule has 0 aliphatic rings. The highest BCUT2D eigenvalue weighted by Gasteiger charge is 2.20. The summed E-state index contributed by atoms with van der Waals surface area (Å²) in [5, 5.41) is 5.43. The van der Waals surface area contributed by atoms with E-state index in [0.717, 1.165) is 37.9 Å². The fraction of sp³-hybridized carbons (Fsp3) is 0. The molecule has 2 heterocycles. The van der Waals surface area contributed by atoms with Gasteiger partial charge in [-0.25, -0.2) is 15.0 Å². The number of fused-ring (bicyclic) bond motifs is 5. The van der Waals surface area contributed by atoms with Gasteiger partial charge in [0, 0.05) is 31.3 Å². The van der Waals surface area contributed by atoms with Gasteiger partial charge in [-0.2, -0.15) is 0 Å². The molecule has 3 nitrogen and oxygen atoms in total. The topological polar surface area (TPSA) is 38.7 Å². The highest BCUT2D eigenvalue weighted by atomic mass is 35.5.